The molecule has 0 spiro atoms. The number of rotatable bonds is 5. The predicted molar refractivity (Wildman–Crippen MR) is 70.5 cm³/mol. The van der Waals surface area contributed by atoms with Crippen molar-refractivity contribution in [3.63, 3.8) is 0 Å². The van der Waals surface area contributed by atoms with Crippen LogP contribution in [-0.4, -0.2) is 30.9 Å². The molecular formula is C14H20F2N2O. The first-order valence-electron chi connectivity index (χ1n) is 6.13. The number of hydrogen-bond donors (Lipinski definition) is 1. The molecule has 0 bridgehead atoms. The van der Waals surface area contributed by atoms with E-state index in [0.29, 0.717) is 13.1 Å². The van der Waals surface area contributed by atoms with Crippen LogP contribution in [0.5, 0.6) is 0 Å². The Labute approximate surface area is 112 Å². The van der Waals surface area contributed by atoms with E-state index >= 15 is 0 Å². The topological polar surface area (TPSA) is 46.3 Å². The van der Waals surface area contributed by atoms with Crippen LogP contribution in [-0.2, 0) is 11.2 Å². The van der Waals surface area contributed by atoms with Crippen LogP contribution < -0.4 is 5.73 Å². The molecule has 1 amide bonds. The smallest absolute Gasteiger partial charge is 0.226 e. The second kappa shape index (κ2) is 6.10. The highest BCUT2D eigenvalue weighted by Crippen LogP contribution is 2.16. The van der Waals surface area contributed by atoms with Crippen molar-refractivity contribution < 1.29 is 13.6 Å². The number of nitrogens with two attached hydrogens (primary N) is 1. The Bertz CT molecular complexity index is 461. The SMILES string of the molecule is CN(CC(C)(C)CN)C(=O)Cc1cc(F)ccc1F. The average Bonchev–Trinajstić information content (AvgIpc) is 2.33. The Morgan fingerprint density at radius 3 is 2.58 bits per heavy atom. The zero-order valence-electron chi connectivity index (χ0n) is 11.5. The maximum Gasteiger partial charge on any atom is 0.226 e. The Morgan fingerprint density at radius 2 is 2.00 bits per heavy atom. The highest BCUT2D eigenvalue weighted by molar-refractivity contribution is 5.78. The first-order valence-corrected chi connectivity index (χ1v) is 6.13. The minimum atomic E-state index is -0.568. The Hall–Kier alpha value is -1.49. The molecule has 0 radical (unpaired) electrons. The molecule has 0 aliphatic carbocycles. The van der Waals surface area contributed by atoms with Gasteiger partial charge in [-0.2, -0.15) is 0 Å². The van der Waals surface area contributed by atoms with E-state index in [1.165, 1.54) is 4.90 Å². The highest BCUT2D eigenvalue weighted by Gasteiger charge is 2.21. The summed E-state index contributed by atoms with van der Waals surface area (Å²) >= 11 is 0. The van der Waals surface area contributed by atoms with E-state index in [-0.39, 0.29) is 23.3 Å². The van der Waals surface area contributed by atoms with Crippen molar-refractivity contribution in [2.75, 3.05) is 20.1 Å². The van der Waals surface area contributed by atoms with Crippen LogP contribution in [0.4, 0.5) is 8.78 Å². The third kappa shape index (κ3) is 4.59. The molecule has 5 heteroatoms. The number of hydrogen-bond acceptors (Lipinski definition) is 2. The molecule has 0 unspecified atom stereocenters. The molecule has 0 atom stereocenters. The van der Waals surface area contributed by atoms with Crippen LogP contribution in [0.3, 0.4) is 0 Å². The normalized spacial score (nSPS) is 11.5. The molecule has 3 nitrogen and oxygen atoms in total. The van der Waals surface area contributed by atoms with Crippen molar-refractivity contribution >= 4 is 5.91 Å². The lowest BCUT2D eigenvalue weighted by atomic mass is 9.93. The van der Waals surface area contributed by atoms with Gasteiger partial charge < -0.3 is 10.6 Å². The fraction of sp³-hybridized carbons (Fsp3) is 0.500. The van der Waals surface area contributed by atoms with Gasteiger partial charge in [-0.15, -0.1) is 0 Å². The van der Waals surface area contributed by atoms with Crippen LogP contribution in [0.25, 0.3) is 0 Å². The summed E-state index contributed by atoms with van der Waals surface area (Å²) < 4.78 is 26.5. The summed E-state index contributed by atoms with van der Waals surface area (Å²) in [6, 6.07) is 3.11. The molecule has 0 aromatic heterocycles. The van der Waals surface area contributed by atoms with E-state index in [4.69, 9.17) is 5.73 Å². The monoisotopic (exact) mass is 270 g/mol. The zero-order chi connectivity index (χ0) is 14.6. The van der Waals surface area contributed by atoms with Gasteiger partial charge in [-0.05, 0) is 30.2 Å². The van der Waals surface area contributed by atoms with E-state index in [1.807, 2.05) is 13.8 Å². The summed E-state index contributed by atoms with van der Waals surface area (Å²) in [6.45, 7) is 4.80. The van der Waals surface area contributed by atoms with Crippen LogP contribution in [0, 0.1) is 17.0 Å². The lowest BCUT2D eigenvalue weighted by Gasteiger charge is -2.29. The number of halogens is 2. The van der Waals surface area contributed by atoms with Crippen molar-refractivity contribution in [1.82, 2.24) is 4.90 Å². The average molecular weight is 270 g/mol. The van der Waals surface area contributed by atoms with Gasteiger partial charge in [0.2, 0.25) is 5.91 Å². The second-order valence-electron chi connectivity index (χ2n) is 5.53. The molecule has 2 N–H and O–H groups in total. The molecule has 19 heavy (non-hydrogen) atoms. The summed E-state index contributed by atoms with van der Waals surface area (Å²) in [4.78, 5) is 13.5. The minimum absolute atomic E-state index is 0.0717. The number of nitrogens with zero attached hydrogens (tertiary/aromatic N) is 1. The fourth-order valence-electron chi connectivity index (χ4n) is 1.77. The Balaban J connectivity index is 2.71. The lowest BCUT2D eigenvalue weighted by Crippen LogP contribution is -2.40. The third-order valence-electron chi connectivity index (χ3n) is 2.99. The summed E-state index contributed by atoms with van der Waals surface area (Å²) in [5.74, 6) is -1.37. The molecule has 0 aliphatic rings. The number of carbonyl (C=O) groups is 1. The van der Waals surface area contributed by atoms with Crippen LogP contribution in [0.1, 0.15) is 19.4 Å². The zero-order valence-corrected chi connectivity index (χ0v) is 11.5. The number of amides is 1. The molecule has 0 fully saturated rings. The third-order valence-corrected chi connectivity index (χ3v) is 2.99. The quantitative estimate of drug-likeness (QED) is 0.889. The van der Waals surface area contributed by atoms with Gasteiger partial charge in [0.15, 0.2) is 0 Å². The second-order valence-corrected chi connectivity index (χ2v) is 5.53. The number of carbonyl (C=O) groups excluding carboxylic acids is 1. The molecule has 1 aromatic carbocycles. The van der Waals surface area contributed by atoms with Gasteiger partial charge in [-0.1, -0.05) is 13.8 Å². The molecule has 0 aliphatic heterocycles. The summed E-state index contributed by atoms with van der Waals surface area (Å²) in [7, 11) is 1.64. The standard InChI is InChI=1S/C14H20F2N2O/c1-14(2,8-17)9-18(3)13(19)7-10-6-11(15)4-5-12(10)16/h4-6H,7-9,17H2,1-3H3. The lowest BCUT2D eigenvalue weighted by molar-refractivity contribution is -0.130. The van der Waals surface area contributed by atoms with Gasteiger partial charge in [-0.3, -0.25) is 4.79 Å². The molecule has 1 aromatic rings. The van der Waals surface area contributed by atoms with E-state index < -0.39 is 11.6 Å². The maximum absolute atomic E-state index is 13.4. The van der Waals surface area contributed by atoms with E-state index in [0.717, 1.165) is 18.2 Å². The van der Waals surface area contributed by atoms with Crippen LogP contribution in [0.15, 0.2) is 18.2 Å². The summed E-state index contributed by atoms with van der Waals surface area (Å²) in [5, 5.41) is 0. The Morgan fingerprint density at radius 1 is 1.37 bits per heavy atom. The van der Waals surface area contributed by atoms with E-state index in [9.17, 15) is 13.6 Å². The van der Waals surface area contributed by atoms with Gasteiger partial charge in [-0.25, -0.2) is 8.78 Å². The van der Waals surface area contributed by atoms with E-state index in [2.05, 4.69) is 0 Å². The molecule has 0 heterocycles. The largest absolute Gasteiger partial charge is 0.345 e. The van der Waals surface area contributed by atoms with Gasteiger partial charge in [0.05, 0.1) is 6.42 Å². The number of likely N-dealkylation sites (N-methyl/N-ethyl adjacent to an activating group) is 1. The van der Waals surface area contributed by atoms with Crippen LogP contribution >= 0.6 is 0 Å². The van der Waals surface area contributed by atoms with Gasteiger partial charge in [0.25, 0.3) is 0 Å². The molecule has 0 saturated carbocycles. The van der Waals surface area contributed by atoms with Crippen LogP contribution in [0.2, 0.25) is 0 Å². The minimum Gasteiger partial charge on any atom is -0.345 e. The molecule has 106 valence electrons. The maximum atomic E-state index is 13.4. The summed E-state index contributed by atoms with van der Waals surface area (Å²) in [6.07, 6.45) is -0.152. The molecular weight excluding hydrogens is 250 g/mol. The van der Waals surface area contributed by atoms with Crippen molar-refractivity contribution in [3.05, 3.63) is 35.4 Å². The van der Waals surface area contributed by atoms with Crippen molar-refractivity contribution in [1.29, 1.82) is 0 Å². The first kappa shape index (κ1) is 15.6. The fourth-order valence-corrected chi connectivity index (χ4v) is 1.77. The van der Waals surface area contributed by atoms with E-state index in [1.54, 1.807) is 7.05 Å². The number of benzene rings is 1. The van der Waals surface area contributed by atoms with Gasteiger partial charge in [0, 0.05) is 19.2 Å². The predicted octanol–water partition coefficient (Wildman–Crippen LogP) is 1.95. The van der Waals surface area contributed by atoms with Gasteiger partial charge in [0.1, 0.15) is 11.6 Å². The highest BCUT2D eigenvalue weighted by atomic mass is 19.1. The molecule has 1 rings (SSSR count). The van der Waals surface area contributed by atoms with Crippen molar-refractivity contribution in [2.45, 2.75) is 20.3 Å². The molecule has 0 saturated heterocycles. The van der Waals surface area contributed by atoms with Gasteiger partial charge >= 0.3 is 0 Å². The van der Waals surface area contributed by atoms with Crippen molar-refractivity contribution in [2.24, 2.45) is 11.1 Å². The Kier molecular flexibility index (Phi) is 5.00. The first-order chi connectivity index (χ1) is 8.75. The van der Waals surface area contributed by atoms with Crippen molar-refractivity contribution in [3.8, 4) is 0 Å². The summed E-state index contributed by atoms with van der Waals surface area (Å²) in [5.41, 5.74) is 5.47.